The van der Waals surface area contributed by atoms with Gasteiger partial charge in [-0.2, -0.15) is 0 Å². The molecule has 0 aliphatic carbocycles. The first-order valence-electron chi connectivity index (χ1n) is 12.6. The van der Waals surface area contributed by atoms with Gasteiger partial charge < -0.3 is 19.7 Å². The summed E-state index contributed by atoms with van der Waals surface area (Å²) in [5.74, 6) is 0.0186. The lowest BCUT2D eigenvalue weighted by Crippen LogP contribution is -2.33. The molecule has 0 spiro atoms. The summed E-state index contributed by atoms with van der Waals surface area (Å²) in [5.41, 5.74) is 2.93. The molecule has 0 saturated heterocycles. The first kappa shape index (κ1) is 29.1. The number of carbonyl (C=O) groups is 1. The van der Waals surface area contributed by atoms with Crippen molar-refractivity contribution in [2.75, 3.05) is 27.2 Å². The Hall–Kier alpha value is -3.49. The zero-order valence-corrected chi connectivity index (χ0v) is 23.2. The second-order valence-corrected chi connectivity index (χ2v) is 10.00. The van der Waals surface area contributed by atoms with Crippen molar-refractivity contribution >= 4 is 23.5 Å². The Kier molecular flexibility index (Phi) is 11.1. The lowest BCUT2D eigenvalue weighted by molar-refractivity contribution is -0.127. The van der Waals surface area contributed by atoms with Crippen molar-refractivity contribution in [3.63, 3.8) is 0 Å². The molecule has 8 heteroatoms. The lowest BCUT2D eigenvalue weighted by atomic mass is 10.0. The van der Waals surface area contributed by atoms with Crippen LogP contribution in [-0.4, -0.2) is 44.3 Å². The molecule has 1 aromatic heterocycles. The molecule has 38 heavy (non-hydrogen) atoms. The van der Waals surface area contributed by atoms with Crippen molar-refractivity contribution in [1.29, 1.82) is 0 Å². The number of rotatable bonds is 12. The summed E-state index contributed by atoms with van der Waals surface area (Å²) in [6.07, 6.45) is 7.18. The third-order valence-electron chi connectivity index (χ3n) is 6.20. The van der Waals surface area contributed by atoms with E-state index >= 15 is 0 Å². The number of aliphatic imine (C=N–C) groups is 1. The molecule has 202 valence electrons. The number of thiophene rings is 1. The Bertz CT molecular complexity index is 1220. The van der Waals surface area contributed by atoms with E-state index in [1.807, 2.05) is 37.6 Å². The van der Waals surface area contributed by atoms with Gasteiger partial charge in [0.2, 0.25) is 5.88 Å². The summed E-state index contributed by atoms with van der Waals surface area (Å²) in [4.78, 5) is 20.9. The van der Waals surface area contributed by atoms with Crippen LogP contribution in [0.15, 0.2) is 88.6 Å². The van der Waals surface area contributed by atoms with Crippen LogP contribution in [0, 0.1) is 5.82 Å². The van der Waals surface area contributed by atoms with Gasteiger partial charge in [0.25, 0.3) is 5.91 Å². The van der Waals surface area contributed by atoms with Crippen molar-refractivity contribution in [2.24, 2.45) is 4.99 Å². The van der Waals surface area contributed by atoms with E-state index in [9.17, 15) is 9.18 Å². The molecule has 1 aliphatic heterocycles. The molecule has 0 unspecified atom stereocenters. The summed E-state index contributed by atoms with van der Waals surface area (Å²) < 4.78 is 25.9. The Morgan fingerprint density at radius 2 is 2.18 bits per heavy atom. The normalized spacial score (nSPS) is 15.5. The molecule has 1 atom stereocenters. The molecule has 6 nitrogen and oxygen atoms in total. The van der Waals surface area contributed by atoms with Gasteiger partial charge in [0.05, 0.1) is 12.7 Å². The Morgan fingerprint density at radius 3 is 2.87 bits per heavy atom. The molecule has 1 aliphatic rings. The van der Waals surface area contributed by atoms with E-state index in [0.29, 0.717) is 23.4 Å². The maximum atomic E-state index is 14.4. The number of benzene rings is 1. The second kappa shape index (κ2) is 14.4. The number of hydrogen-bond donors (Lipinski definition) is 1. The smallest absolute Gasteiger partial charge is 0.256 e. The maximum Gasteiger partial charge on any atom is 0.256 e. The number of methoxy groups -OCH3 is 1. The molecular weight excluding hydrogens is 501 g/mol. The van der Waals surface area contributed by atoms with E-state index in [1.54, 1.807) is 28.4 Å². The summed E-state index contributed by atoms with van der Waals surface area (Å²) in [5, 5.41) is 5.16. The number of hydrogen-bond acceptors (Lipinski definition) is 6. The first-order valence-corrected chi connectivity index (χ1v) is 13.5. The summed E-state index contributed by atoms with van der Waals surface area (Å²) in [6.45, 7) is 11.2. The summed E-state index contributed by atoms with van der Waals surface area (Å²) >= 11 is 1.60. The van der Waals surface area contributed by atoms with Crippen LogP contribution in [0.25, 0.3) is 0 Å². The molecule has 0 fully saturated rings. The van der Waals surface area contributed by atoms with E-state index in [-0.39, 0.29) is 24.4 Å². The van der Waals surface area contributed by atoms with Crippen LogP contribution in [-0.2, 0) is 16.1 Å². The fourth-order valence-corrected chi connectivity index (χ4v) is 4.92. The van der Waals surface area contributed by atoms with Gasteiger partial charge >= 0.3 is 0 Å². The van der Waals surface area contributed by atoms with Crippen LogP contribution >= 0.6 is 11.3 Å². The number of nitrogens with zero attached hydrogens (tertiary/aromatic N) is 2. The number of amides is 1. The SMILES string of the molecule is C=CC1=C(C=NC(=C)OC)C(=O)N(Cc2ccc(F)cc2O[C@@H](CCNC)c2cccs2)CCCC(C)=C1. The van der Waals surface area contributed by atoms with Gasteiger partial charge in [0, 0.05) is 42.2 Å². The maximum absolute atomic E-state index is 14.4. The van der Waals surface area contributed by atoms with Gasteiger partial charge in [-0.25, -0.2) is 9.38 Å². The van der Waals surface area contributed by atoms with Crippen molar-refractivity contribution in [3.8, 4) is 5.75 Å². The average molecular weight is 538 g/mol. The van der Waals surface area contributed by atoms with Gasteiger partial charge in [-0.1, -0.05) is 36.4 Å². The minimum Gasteiger partial charge on any atom is -0.484 e. The van der Waals surface area contributed by atoms with E-state index < -0.39 is 5.82 Å². The minimum absolute atomic E-state index is 0.191. The quantitative estimate of drug-likeness (QED) is 0.253. The fourth-order valence-electron chi connectivity index (χ4n) is 4.14. The molecule has 1 N–H and O–H groups in total. The van der Waals surface area contributed by atoms with Gasteiger partial charge in [-0.15, -0.1) is 11.3 Å². The van der Waals surface area contributed by atoms with Gasteiger partial charge in [0.1, 0.15) is 17.7 Å². The van der Waals surface area contributed by atoms with Crippen LogP contribution in [0.2, 0.25) is 0 Å². The number of nitrogens with one attached hydrogen (secondary N) is 1. The van der Waals surface area contributed by atoms with E-state index in [2.05, 4.69) is 23.5 Å². The number of halogens is 1. The Balaban J connectivity index is 1.97. The molecule has 0 radical (unpaired) electrons. The van der Waals surface area contributed by atoms with Crippen molar-refractivity contribution < 1.29 is 18.7 Å². The van der Waals surface area contributed by atoms with E-state index in [0.717, 1.165) is 41.8 Å². The third kappa shape index (κ3) is 8.00. The van der Waals surface area contributed by atoms with Crippen molar-refractivity contribution in [3.05, 3.63) is 99.9 Å². The highest BCUT2D eigenvalue weighted by atomic mass is 32.1. The highest BCUT2D eigenvalue weighted by Crippen LogP contribution is 2.32. The fraction of sp³-hybridized carbons (Fsp3) is 0.333. The van der Waals surface area contributed by atoms with Gasteiger partial charge in [-0.05, 0) is 63.0 Å². The highest BCUT2D eigenvalue weighted by molar-refractivity contribution is 7.10. The van der Waals surface area contributed by atoms with E-state index in [1.165, 1.54) is 25.5 Å². The standard InChI is InChI=1S/C30H36FN3O3S/c1-6-23-17-21(2)9-7-15-34(30(35)26(23)19-33-22(3)36-5)20-24-11-12-25(31)18-28(24)37-27(13-14-32-4)29-10-8-16-38-29/h6,8,10-12,16-19,27,32H,1,3,7,9,13-15,20H2,2,4-5H3/t27-/m0/s1. The molecule has 1 amide bonds. The predicted molar refractivity (Wildman–Crippen MR) is 153 cm³/mol. The Morgan fingerprint density at radius 1 is 1.37 bits per heavy atom. The molecular formula is C30H36FN3O3S. The zero-order chi connectivity index (χ0) is 27.5. The predicted octanol–water partition coefficient (Wildman–Crippen LogP) is 6.36. The Labute approximate surface area is 228 Å². The van der Waals surface area contributed by atoms with Gasteiger partial charge in [-0.3, -0.25) is 4.79 Å². The number of ether oxygens (including phenoxy) is 2. The number of allylic oxidation sites excluding steroid dienone is 4. The minimum atomic E-state index is -0.391. The van der Waals surface area contributed by atoms with Crippen LogP contribution in [0.4, 0.5) is 4.39 Å². The summed E-state index contributed by atoms with van der Waals surface area (Å²) in [6, 6.07) is 8.49. The van der Waals surface area contributed by atoms with Crippen LogP contribution in [0.3, 0.4) is 0 Å². The number of carbonyl (C=O) groups excluding carboxylic acids is 1. The molecule has 3 rings (SSSR count). The molecule has 2 heterocycles. The second-order valence-electron chi connectivity index (χ2n) is 9.02. The largest absolute Gasteiger partial charge is 0.484 e. The van der Waals surface area contributed by atoms with Crippen LogP contribution < -0.4 is 10.1 Å². The highest BCUT2D eigenvalue weighted by Gasteiger charge is 2.24. The van der Waals surface area contributed by atoms with Crippen molar-refractivity contribution in [2.45, 2.75) is 38.8 Å². The molecule has 2 aromatic rings. The average Bonchev–Trinajstić information content (AvgIpc) is 3.46. The van der Waals surface area contributed by atoms with Gasteiger partial charge in [0.15, 0.2) is 0 Å². The van der Waals surface area contributed by atoms with E-state index in [4.69, 9.17) is 9.47 Å². The van der Waals surface area contributed by atoms with Crippen LogP contribution in [0.5, 0.6) is 5.75 Å². The molecule has 1 aromatic carbocycles. The molecule has 0 bridgehead atoms. The topological polar surface area (TPSA) is 63.2 Å². The summed E-state index contributed by atoms with van der Waals surface area (Å²) in [7, 11) is 3.36. The van der Waals surface area contributed by atoms with Crippen molar-refractivity contribution in [1.82, 2.24) is 10.2 Å². The first-order chi connectivity index (χ1) is 18.4. The monoisotopic (exact) mass is 537 g/mol. The van der Waals surface area contributed by atoms with Crippen LogP contribution in [0.1, 0.15) is 42.7 Å². The molecule has 0 saturated carbocycles. The third-order valence-corrected chi connectivity index (χ3v) is 7.16. The zero-order valence-electron chi connectivity index (χ0n) is 22.3. The lowest BCUT2D eigenvalue weighted by Gasteiger charge is -2.26.